The molecular formula is C12H11FN2O. The van der Waals surface area contributed by atoms with E-state index in [9.17, 15) is 9.18 Å². The molecule has 1 N–H and O–H groups in total. The van der Waals surface area contributed by atoms with E-state index in [2.05, 4.69) is 5.32 Å². The van der Waals surface area contributed by atoms with Crippen molar-refractivity contribution in [2.24, 2.45) is 0 Å². The summed E-state index contributed by atoms with van der Waals surface area (Å²) in [7, 11) is 0. The zero-order valence-electron chi connectivity index (χ0n) is 8.66. The summed E-state index contributed by atoms with van der Waals surface area (Å²) in [6, 6.07) is 6.28. The van der Waals surface area contributed by atoms with Gasteiger partial charge in [0.1, 0.15) is 12.2 Å². The monoisotopic (exact) mass is 218 g/mol. The lowest BCUT2D eigenvalue weighted by Crippen LogP contribution is -2.10. The minimum Gasteiger partial charge on any atom is -0.325 e. The molecule has 0 heterocycles. The Labute approximate surface area is 92.9 Å². The Hall–Kier alpha value is -1.89. The van der Waals surface area contributed by atoms with Gasteiger partial charge in [-0.05, 0) is 42.5 Å². The third-order valence-corrected chi connectivity index (χ3v) is 2.54. The predicted molar refractivity (Wildman–Crippen MR) is 57.2 cm³/mol. The number of halogens is 1. The van der Waals surface area contributed by atoms with E-state index in [4.69, 9.17) is 5.26 Å². The Kier molecular flexibility index (Phi) is 2.86. The maximum atomic E-state index is 13.4. The van der Waals surface area contributed by atoms with Crippen LogP contribution in [-0.2, 0) is 4.79 Å². The van der Waals surface area contributed by atoms with E-state index < -0.39 is 0 Å². The van der Waals surface area contributed by atoms with E-state index in [0.717, 1.165) is 12.8 Å². The van der Waals surface area contributed by atoms with Crippen molar-refractivity contribution in [1.82, 2.24) is 0 Å². The third kappa shape index (κ3) is 2.37. The fourth-order valence-electron chi connectivity index (χ4n) is 1.61. The van der Waals surface area contributed by atoms with Gasteiger partial charge >= 0.3 is 0 Å². The van der Waals surface area contributed by atoms with Crippen LogP contribution in [0.2, 0.25) is 0 Å². The molecule has 1 aromatic rings. The van der Waals surface area contributed by atoms with Crippen molar-refractivity contribution in [3.63, 3.8) is 0 Å². The average Bonchev–Trinajstić information content (AvgIpc) is 3.05. The molecule has 0 radical (unpaired) electrons. The van der Waals surface area contributed by atoms with Crippen molar-refractivity contribution < 1.29 is 9.18 Å². The highest BCUT2D eigenvalue weighted by Crippen LogP contribution is 2.42. The summed E-state index contributed by atoms with van der Waals surface area (Å²) in [4.78, 5) is 11.2. The second kappa shape index (κ2) is 4.31. The topological polar surface area (TPSA) is 52.9 Å². The van der Waals surface area contributed by atoms with Crippen LogP contribution in [0.3, 0.4) is 0 Å². The van der Waals surface area contributed by atoms with E-state index >= 15 is 0 Å². The number of carbonyl (C=O) groups is 1. The second-order valence-electron chi connectivity index (χ2n) is 3.89. The number of nitrogens with one attached hydrogen (secondary N) is 1. The number of nitriles is 1. The second-order valence-corrected chi connectivity index (χ2v) is 3.89. The highest BCUT2D eigenvalue weighted by atomic mass is 19.1. The van der Waals surface area contributed by atoms with Crippen LogP contribution in [0, 0.1) is 17.1 Å². The van der Waals surface area contributed by atoms with Crippen LogP contribution >= 0.6 is 0 Å². The van der Waals surface area contributed by atoms with Gasteiger partial charge in [-0.15, -0.1) is 0 Å². The molecule has 3 nitrogen and oxygen atoms in total. The standard InChI is InChI=1S/C12H11FN2O/c13-11-4-3-9(15-12(16)5-6-14)7-10(11)8-1-2-8/h3-4,7-8H,1-2,5H2,(H,15,16). The van der Waals surface area contributed by atoms with Gasteiger partial charge in [-0.3, -0.25) is 4.79 Å². The van der Waals surface area contributed by atoms with Gasteiger partial charge in [0.25, 0.3) is 0 Å². The van der Waals surface area contributed by atoms with Gasteiger partial charge in [0, 0.05) is 5.69 Å². The molecule has 0 bridgehead atoms. The lowest BCUT2D eigenvalue weighted by Gasteiger charge is -2.06. The molecule has 0 unspecified atom stereocenters. The molecule has 0 spiro atoms. The molecule has 82 valence electrons. The molecule has 1 fully saturated rings. The Bertz CT molecular complexity index is 461. The van der Waals surface area contributed by atoms with Crippen molar-refractivity contribution in [1.29, 1.82) is 5.26 Å². The number of hydrogen-bond acceptors (Lipinski definition) is 2. The Balaban J connectivity index is 2.13. The molecule has 1 aliphatic carbocycles. The molecule has 4 heteroatoms. The summed E-state index contributed by atoms with van der Waals surface area (Å²) in [5.74, 6) is -0.288. The number of hydrogen-bond donors (Lipinski definition) is 1. The van der Waals surface area contributed by atoms with Gasteiger partial charge in [0.15, 0.2) is 0 Å². The fraction of sp³-hybridized carbons (Fsp3) is 0.333. The van der Waals surface area contributed by atoms with Gasteiger partial charge in [-0.25, -0.2) is 4.39 Å². The molecule has 0 saturated heterocycles. The third-order valence-electron chi connectivity index (χ3n) is 2.54. The quantitative estimate of drug-likeness (QED) is 0.847. The summed E-state index contributed by atoms with van der Waals surface area (Å²) in [5.41, 5.74) is 1.22. The van der Waals surface area contributed by atoms with Crippen molar-refractivity contribution in [2.75, 3.05) is 5.32 Å². The first-order valence-electron chi connectivity index (χ1n) is 5.17. The van der Waals surface area contributed by atoms with Gasteiger partial charge in [-0.1, -0.05) is 0 Å². The Morgan fingerprint density at radius 1 is 1.56 bits per heavy atom. The van der Waals surface area contributed by atoms with Crippen LogP contribution in [0.4, 0.5) is 10.1 Å². The molecular weight excluding hydrogens is 207 g/mol. The SMILES string of the molecule is N#CCC(=O)Nc1ccc(F)c(C2CC2)c1. The van der Waals surface area contributed by atoms with Crippen LogP contribution in [-0.4, -0.2) is 5.91 Å². The number of anilines is 1. The molecule has 1 aromatic carbocycles. The normalized spacial score (nSPS) is 14.2. The molecule has 1 saturated carbocycles. The van der Waals surface area contributed by atoms with Crippen LogP contribution in [0.5, 0.6) is 0 Å². The van der Waals surface area contributed by atoms with Crippen LogP contribution in [0.15, 0.2) is 18.2 Å². The van der Waals surface area contributed by atoms with Gasteiger partial charge in [0.2, 0.25) is 5.91 Å². The number of carbonyl (C=O) groups excluding carboxylic acids is 1. The maximum Gasteiger partial charge on any atom is 0.238 e. The summed E-state index contributed by atoms with van der Waals surface area (Å²) >= 11 is 0. The molecule has 16 heavy (non-hydrogen) atoms. The van der Waals surface area contributed by atoms with E-state index in [1.165, 1.54) is 12.1 Å². The van der Waals surface area contributed by atoms with E-state index in [1.54, 1.807) is 12.1 Å². The molecule has 0 aliphatic heterocycles. The number of benzene rings is 1. The summed E-state index contributed by atoms with van der Waals surface area (Å²) in [6.45, 7) is 0. The number of amides is 1. The molecule has 1 amide bonds. The first kappa shape index (κ1) is 10.6. The highest BCUT2D eigenvalue weighted by Gasteiger charge is 2.26. The minimum atomic E-state index is -0.365. The van der Waals surface area contributed by atoms with Gasteiger partial charge in [0.05, 0.1) is 6.07 Å². The Morgan fingerprint density at radius 3 is 2.94 bits per heavy atom. The smallest absolute Gasteiger partial charge is 0.238 e. The zero-order chi connectivity index (χ0) is 11.5. The first-order chi connectivity index (χ1) is 7.70. The number of rotatable bonds is 3. The average molecular weight is 218 g/mol. The Morgan fingerprint density at radius 2 is 2.31 bits per heavy atom. The van der Waals surface area contributed by atoms with E-state index in [1.807, 2.05) is 0 Å². The van der Waals surface area contributed by atoms with E-state index in [0.29, 0.717) is 17.2 Å². The number of nitrogens with zero attached hydrogens (tertiary/aromatic N) is 1. The first-order valence-corrected chi connectivity index (χ1v) is 5.17. The van der Waals surface area contributed by atoms with Crippen molar-refractivity contribution in [3.05, 3.63) is 29.6 Å². The fourth-order valence-corrected chi connectivity index (χ4v) is 1.61. The summed E-state index contributed by atoms with van der Waals surface area (Å²) in [6.07, 6.45) is 1.83. The molecule has 2 rings (SSSR count). The zero-order valence-corrected chi connectivity index (χ0v) is 8.66. The molecule has 0 aromatic heterocycles. The van der Waals surface area contributed by atoms with Crippen molar-refractivity contribution in [3.8, 4) is 6.07 Å². The molecule has 0 atom stereocenters. The van der Waals surface area contributed by atoms with Gasteiger partial charge in [-0.2, -0.15) is 5.26 Å². The lowest BCUT2D eigenvalue weighted by atomic mass is 10.1. The minimum absolute atomic E-state index is 0.184. The van der Waals surface area contributed by atoms with Gasteiger partial charge < -0.3 is 5.32 Å². The highest BCUT2D eigenvalue weighted by molar-refractivity contribution is 5.92. The van der Waals surface area contributed by atoms with Crippen LogP contribution < -0.4 is 5.32 Å². The summed E-state index contributed by atoms with van der Waals surface area (Å²) in [5, 5.41) is 10.9. The van der Waals surface area contributed by atoms with Crippen LogP contribution in [0.25, 0.3) is 0 Å². The maximum absolute atomic E-state index is 13.4. The van der Waals surface area contributed by atoms with Crippen molar-refractivity contribution in [2.45, 2.75) is 25.2 Å². The lowest BCUT2D eigenvalue weighted by molar-refractivity contribution is -0.115. The predicted octanol–water partition coefficient (Wildman–Crippen LogP) is 2.56. The van der Waals surface area contributed by atoms with Crippen molar-refractivity contribution >= 4 is 11.6 Å². The van der Waals surface area contributed by atoms with E-state index in [-0.39, 0.29) is 18.1 Å². The molecule has 1 aliphatic rings. The summed E-state index contributed by atoms with van der Waals surface area (Å²) < 4.78 is 13.4. The largest absolute Gasteiger partial charge is 0.325 e. The van der Waals surface area contributed by atoms with Crippen LogP contribution in [0.1, 0.15) is 30.7 Å².